The summed E-state index contributed by atoms with van der Waals surface area (Å²) in [6.07, 6.45) is 2.09. The summed E-state index contributed by atoms with van der Waals surface area (Å²) >= 11 is 13.1. The van der Waals surface area contributed by atoms with Gasteiger partial charge in [0.2, 0.25) is 0 Å². The van der Waals surface area contributed by atoms with E-state index in [0.717, 1.165) is 10.4 Å². The van der Waals surface area contributed by atoms with Crippen molar-refractivity contribution in [3.05, 3.63) is 28.1 Å². The van der Waals surface area contributed by atoms with Crippen LogP contribution < -0.4 is 0 Å². The van der Waals surface area contributed by atoms with Crippen molar-refractivity contribution in [3.63, 3.8) is 0 Å². The quantitative estimate of drug-likeness (QED) is 0.545. The van der Waals surface area contributed by atoms with Crippen LogP contribution in [0.25, 0.3) is 10.1 Å². The Hall–Kier alpha value is 0.300. The van der Waals surface area contributed by atoms with Gasteiger partial charge in [0, 0.05) is 25.7 Å². The van der Waals surface area contributed by atoms with E-state index in [1.54, 1.807) is 23.1 Å². The molecule has 0 aliphatic carbocycles. The predicted octanol–water partition coefficient (Wildman–Crippen LogP) is 5.17. The predicted molar refractivity (Wildman–Crippen MR) is 71.2 cm³/mol. The van der Waals surface area contributed by atoms with Crippen molar-refractivity contribution >= 4 is 60.7 Å². The van der Waals surface area contributed by atoms with Crippen LogP contribution in [-0.4, -0.2) is 6.26 Å². The fraction of sp³-hybridized carbons (Fsp3) is 0.200. The summed E-state index contributed by atoms with van der Waals surface area (Å²) in [5.41, 5.74) is 1.34. The number of alkyl halides is 1. The van der Waals surface area contributed by atoms with Gasteiger partial charge in [-0.15, -0.1) is 23.1 Å². The molecular formula is C10H8BrClS2. The molecule has 0 saturated carbocycles. The molecule has 0 N–H and O–H groups in total. The van der Waals surface area contributed by atoms with Gasteiger partial charge in [-0.05, 0) is 24.0 Å². The fourth-order valence-electron chi connectivity index (χ4n) is 1.36. The minimum atomic E-state index is 0.862. The second-order valence-electron chi connectivity index (χ2n) is 2.88. The second kappa shape index (κ2) is 4.44. The molecule has 4 heteroatoms. The van der Waals surface area contributed by atoms with Crippen molar-refractivity contribution in [2.24, 2.45) is 0 Å². The summed E-state index contributed by atoms with van der Waals surface area (Å²) in [6.45, 7) is 0. The molecule has 0 fully saturated rings. The summed E-state index contributed by atoms with van der Waals surface area (Å²) in [4.78, 5) is 1.30. The van der Waals surface area contributed by atoms with Gasteiger partial charge in [0.05, 0.1) is 5.02 Å². The van der Waals surface area contributed by atoms with Crippen LogP contribution in [0.5, 0.6) is 0 Å². The average Bonchev–Trinajstić information content (AvgIpc) is 2.58. The molecule has 0 aliphatic heterocycles. The van der Waals surface area contributed by atoms with Crippen molar-refractivity contribution < 1.29 is 0 Å². The van der Waals surface area contributed by atoms with Gasteiger partial charge in [0.25, 0.3) is 0 Å². The summed E-state index contributed by atoms with van der Waals surface area (Å²) in [5.74, 6) is 0. The lowest BCUT2D eigenvalue weighted by atomic mass is 10.2. The number of benzene rings is 1. The molecule has 0 saturated heterocycles. The molecule has 1 heterocycles. The molecule has 0 radical (unpaired) electrons. The van der Waals surface area contributed by atoms with Crippen molar-refractivity contribution in [2.45, 2.75) is 10.2 Å². The molecule has 2 rings (SSSR count). The molecule has 74 valence electrons. The van der Waals surface area contributed by atoms with Gasteiger partial charge >= 0.3 is 0 Å². The number of thioether (sulfide) groups is 1. The highest BCUT2D eigenvalue weighted by Crippen LogP contribution is 2.35. The minimum Gasteiger partial charge on any atom is -0.142 e. The lowest BCUT2D eigenvalue weighted by Gasteiger charge is -2.04. The van der Waals surface area contributed by atoms with Gasteiger partial charge < -0.3 is 0 Å². The van der Waals surface area contributed by atoms with Gasteiger partial charge in [-0.2, -0.15) is 0 Å². The molecule has 0 atom stereocenters. The third-order valence-corrected chi connectivity index (χ3v) is 4.88. The van der Waals surface area contributed by atoms with E-state index in [2.05, 4.69) is 34.3 Å². The lowest BCUT2D eigenvalue weighted by molar-refractivity contribution is 1.31. The smallest absolute Gasteiger partial charge is 0.0592 e. The van der Waals surface area contributed by atoms with E-state index >= 15 is 0 Å². The van der Waals surface area contributed by atoms with E-state index in [-0.39, 0.29) is 0 Å². The van der Waals surface area contributed by atoms with E-state index in [4.69, 9.17) is 11.6 Å². The number of fused-ring (bicyclic) bond motifs is 1. The number of halogens is 2. The van der Waals surface area contributed by atoms with Crippen LogP contribution in [0, 0.1) is 0 Å². The highest BCUT2D eigenvalue weighted by atomic mass is 79.9. The zero-order valence-corrected chi connectivity index (χ0v) is 11.5. The van der Waals surface area contributed by atoms with Gasteiger partial charge in [-0.25, -0.2) is 0 Å². The molecule has 14 heavy (non-hydrogen) atoms. The molecule has 2 aromatic rings. The van der Waals surface area contributed by atoms with Crippen LogP contribution in [0.4, 0.5) is 0 Å². The van der Waals surface area contributed by atoms with E-state index in [9.17, 15) is 0 Å². The number of thiophene rings is 1. The first kappa shape index (κ1) is 10.8. The number of rotatable bonds is 2. The van der Waals surface area contributed by atoms with Crippen LogP contribution in [0.15, 0.2) is 22.4 Å². The zero-order valence-electron chi connectivity index (χ0n) is 7.51. The molecule has 0 nitrogen and oxygen atoms in total. The maximum absolute atomic E-state index is 6.09. The Kier molecular flexibility index (Phi) is 3.42. The monoisotopic (exact) mass is 306 g/mol. The first-order chi connectivity index (χ1) is 6.76. The summed E-state index contributed by atoms with van der Waals surface area (Å²) in [7, 11) is 0. The van der Waals surface area contributed by atoms with Crippen LogP contribution in [0.1, 0.15) is 5.56 Å². The summed E-state index contributed by atoms with van der Waals surface area (Å²) in [6, 6.07) is 4.39. The topological polar surface area (TPSA) is 0 Å². The first-order valence-electron chi connectivity index (χ1n) is 4.06. The van der Waals surface area contributed by atoms with Gasteiger partial charge in [0.15, 0.2) is 0 Å². The standard InChI is InChI=1S/C10H8BrClS2/c1-13-9-3-7-8(12)5-14-10(7)2-6(9)4-11/h2-3,5H,4H2,1H3. The van der Waals surface area contributed by atoms with E-state index in [1.165, 1.54) is 20.5 Å². The average molecular weight is 308 g/mol. The highest BCUT2D eigenvalue weighted by molar-refractivity contribution is 9.08. The Bertz CT molecular complexity index is 464. The SMILES string of the molecule is CSc1cc2c(Cl)csc2cc1CBr. The third-order valence-electron chi connectivity index (χ3n) is 2.07. The van der Waals surface area contributed by atoms with Crippen molar-refractivity contribution in [3.8, 4) is 0 Å². The highest BCUT2D eigenvalue weighted by Gasteiger charge is 2.07. The Balaban J connectivity index is 2.71. The van der Waals surface area contributed by atoms with Gasteiger partial charge in [0.1, 0.15) is 0 Å². The number of hydrogen-bond acceptors (Lipinski definition) is 2. The van der Waals surface area contributed by atoms with E-state index in [0.29, 0.717) is 0 Å². The third kappa shape index (κ3) is 1.83. The molecule has 1 aromatic carbocycles. The molecule has 0 aliphatic rings. The Labute approximate surface area is 105 Å². The molecule has 0 spiro atoms. The Morgan fingerprint density at radius 3 is 2.93 bits per heavy atom. The van der Waals surface area contributed by atoms with Crippen molar-refractivity contribution in [1.82, 2.24) is 0 Å². The van der Waals surface area contributed by atoms with Crippen molar-refractivity contribution in [1.29, 1.82) is 0 Å². The Morgan fingerprint density at radius 2 is 2.29 bits per heavy atom. The molecule has 0 unspecified atom stereocenters. The van der Waals surface area contributed by atoms with E-state index < -0.39 is 0 Å². The summed E-state index contributed by atoms with van der Waals surface area (Å²) < 4.78 is 1.27. The van der Waals surface area contributed by atoms with Crippen LogP contribution in [-0.2, 0) is 5.33 Å². The maximum Gasteiger partial charge on any atom is 0.0592 e. The molecule has 0 amide bonds. The van der Waals surface area contributed by atoms with Gasteiger partial charge in [-0.1, -0.05) is 27.5 Å². The summed E-state index contributed by atoms with van der Waals surface area (Å²) in [5, 5.41) is 4.93. The van der Waals surface area contributed by atoms with Crippen molar-refractivity contribution in [2.75, 3.05) is 6.26 Å². The van der Waals surface area contributed by atoms with E-state index in [1.807, 2.05) is 5.38 Å². The van der Waals surface area contributed by atoms with Crippen LogP contribution >= 0.6 is 50.6 Å². The fourth-order valence-corrected chi connectivity index (χ4v) is 3.85. The molecular weight excluding hydrogens is 300 g/mol. The maximum atomic E-state index is 6.09. The normalized spacial score (nSPS) is 11.1. The molecule has 0 bridgehead atoms. The van der Waals surface area contributed by atoms with Crippen LogP contribution in [0.2, 0.25) is 5.02 Å². The molecule has 1 aromatic heterocycles. The largest absolute Gasteiger partial charge is 0.142 e. The van der Waals surface area contributed by atoms with Crippen LogP contribution in [0.3, 0.4) is 0 Å². The lowest BCUT2D eigenvalue weighted by Crippen LogP contribution is -1.81. The second-order valence-corrected chi connectivity index (χ2v) is 5.60. The first-order valence-corrected chi connectivity index (χ1v) is 7.66. The van der Waals surface area contributed by atoms with Gasteiger partial charge in [-0.3, -0.25) is 0 Å². The number of hydrogen-bond donors (Lipinski definition) is 0. The zero-order chi connectivity index (χ0) is 10.1. The minimum absolute atomic E-state index is 0.862. The Morgan fingerprint density at radius 1 is 1.50 bits per heavy atom.